The number of nitrogens with zero attached hydrogens (tertiary/aromatic N) is 3. The van der Waals surface area contributed by atoms with Gasteiger partial charge in [-0.25, -0.2) is 8.42 Å². The molecule has 0 N–H and O–H groups in total. The summed E-state index contributed by atoms with van der Waals surface area (Å²) in [6.45, 7) is 3.27. The highest BCUT2D eigenvalue weighted by Crippen LogP contribution is 2.34. The molecule has 1 aliphatic rings. The zero-order chi connectivity index (χ0) is 20.1. The Balaban J connectivity index is 1.72. The third kappa shape index (κ3) is 4.26. The molecule has 8 nitrogen and oxygen atoms in total. The van der Waals surface area contributed by atoms with Crippen molar-refractivity contribution in [3.05, 3.63) is 48.3 Å². The number of hydrogen-bond acceptors (Lipinski definition) is 6. The second-order valence-corrected chi connectivity index (χ2v) is 8.34. The van der Waals surface area contributed by atoms with Crippen molar-refractivity contribution in [1.29, 1.82) is 0 Å². The molecule has 2 aromatic rings. The minimum absolute atomic E-state index is 0.0519. The summed E-state index contributed by atoms with van der Waals surface area (Å²) in [7, 11) is -2.40. The molecule has 1 amide bonds. The van der Waals surface area contributed by atoms with Gasteiger partial charge in [0.05, 0.1) is 6.54 Å². The summed E-state index contributed by atoms with van der Waals surface area (Å²) in [4.78, 5) is 18.2. The van der Waals surface area contributed by atoms with Crippen LogP contribution in [0.3, 0.4) is 0 Å². The van der Waals surface area contributed by atoms with Crippen molar-refractivity contribution < 1.29 is 22.7 Å². The summed E-state index contributed by atoms with van der Waals surface area (Å²) >= 11 is 0. The molecule has 0 unspecified atom stereocenters. The van der Waals surface area contributed by atoms with Crippen LogP contribution in [0.4, 0.5) is 0 Å². The molecule has 1 aliphatic heterocycles. The van der Waals surface area contributed by atoms with Crippen LogP contribution in [0.15, 0.2) is 47.6 Å². The third-order valence-corrected chi connectivity index (χ3v) is 6.23. The zero-order valence-electron chi connectivity index (χ0n) is 15.9. The Labute approximate surface area is 164 Å². The smallest absolute Gasteiger partial charge is 0.244 e. The van der Waals surface area contributed by atoms with Gasteiger partial charge in [0.2, 0.25) is 15.9 Å². The first-order valence-corrected chi connectivity index (χ1v) is 10.4. The Morgan fingerprint density at radius 3 is 2.68 bits per heavy atom. The van der Waals surface area contributed by atoms with Gasteiger partial charge in [0, 0.05) is 38.1 Å². The topological polar surface area (TPSA) is 89.0 Å². The van der Waals surface area contributed by atoms with Crippen LogP contribution in [-0.4, -0.2) is 61.9 Å². The van der Waals surface area contributed by atoms with Crippen LogP contribution in [0.1, 0.15) is 12.5 Å². The lowest BCUT2D eigenvalue weighted by Gasteiger charge is -2.27. The Morgan fingerprint density at radius 2 is 1.96 bits per heavy atom. The third-order valence-electron chi connectivity index (χ3n) is 4.44. The molecule has 0 aliphatic carbocycles. The molecule has 3 rings (SSSR count). The van der Waals surface area contributed by atoms with Crippen molar-refractivity contribution in [2.45, 2.75) is 18.4 Å². The molecule has 0 radical (unpaired) electrons. The average molecular weight is 405 g/mol. The number of fused-ring (bicyclic) bond motifs is 1. The second kappa shape index (κ2) is 8.57. The van der Waals surface area contributed by atoms with Crippen LogP contribution >= 0.6 is 0 Å². The Bertz CT molecular complexity index is 934. The van der Waals surface area contributed by atoms with Gasteiger partial charge in [-0.2, -0.15) is 4.31 Å². The van der Waals surface area contributed by atoms with Crippen LogP contribution in [0.2, 0.25) is 0 Å². The Kier molecular flexibility index (Phi) is 6.15. The number of rotatable bonds is 7. The standard InChI is InChI=1S/C19H23N3O5S/c1-3-22(13-15-6-4-8-17-19(15)27-11-10-26-17)18(23)14-21(2)28(24,25)16-7-5-9-20-12-16/h4-9,12H,3,10-11,13-14H2,1-2H3. The molecule has 0 spiro atoms. The molecule has 1 aromatic carbocycles. The van der Waals surface area contributed by atoms with E-state index in [4.69, 9.17) is 9.47 Å². The van der Waals surface area contributed by atoms with Gasteiger partial charge in [-0.05, 0) is 25.1 Å². The number of hydrogen-bond donors (Lipinski definition) is 0. The number of carbonyl (C=O) groups is 1. The van der Waals surface area contributed by atoms with Crippen molar-refractivity contribution >= 4 is 15.9 Å². The number of ether oxygens (including phenoxy) is 2. The summed E-state index contributed by atoms with van der Waals surface area (Å²) in [5, 5.41) is 0. The van der Waals surface area contributed by atoms with E-state index < -0.39 is 10.0 Å². The molecular weight excluding hydrogens is 382 g/mol. The Hall–Kier alpha value is -2.65. The van der Waals surface area contributed by atoms with Crippen LogP contribution in [0, 0.1) is 0 Å². The van der Waals surface area contributed by atoms with E-state index in [0.29, 0.717) is 37.8 Å². The van der Waals surface area contributed by atoms with E-state index in [9.17, 15) is 13.2 Å². The molecule has 150 valence electrons. The number of carbonyl (C=O) groups excluding carboxylic acids is 1. The fourth-order valence-corrected chi connectivity index (χ4v) is 3.98. The van der Waals surface area contributed by atoms with Crippen molar-refractivity contribution in [3.63, 3.8) is 0 Å². The van der Waals surface area contributed by atoms with Crippen molar-refractivity contribution in [2.75, 3.05) is 33.4 Å². The second-order valence-electron chi connectivity index (χ2n) is 6.30. The summed E-state index contributed by atoms with van der Waals surface area (Å²) in [6.07, 6.45) is 2.76. The predicted octanol–water partition coefficient (Wildman–Crippen LogP) is 1.52. The quantitative estimate of drug-likeness (QED) is 0.694. The number of aromatic nitrogens is 1. The highest BCUT2D eigenvalue weighted by atomic mass is 32.2. The van der Waals surface area contributed by atoms with Crippen molar-refractivity contribution in [1.82, 2.24) is 14.2 Å². The molecule has 0 atom stereocenters. The van der Waals surface area contributed by atoms with Gasteiger partial charge in [0.25, 0.3) is 0 Å². The van der Waals surface area contributed by atoms with Gasteiger partial charge in [-0.3, -0.25) is 9.78 Å². The average Bonchev–Trinajstić information content (AvgIpc) is 2.72. The molecule has 0 fully saturated rings. The van der Waals surface area contributed by atoms with E-state index in [1.54, 1.807) is 11.0 Å². The van der Waals surface area contributed by atoms with Crippen LogP contribution in [0.25, 0.3) is 0 Å². The summed E-state index contributed by atoms with van der Waals surface area (Å²) in [5.74, 6) is 0.992. The summed E-state index contributed by atoms with van der Waals surface area (Å²) < 4.78 is 37.5. The van der Waals surface area contributed by atoms with Crippen LogP contribution in [0.5, 0.6) is 11.5 Å². The van der Waals surface area contributed by atoms with E-state index in [1.165, 1.54) is 25.5 Å². The molecule has 28 heavy (non-hydrogen) atoms. The fraction of sp³-hybridized carbons (Fsp3) is 0.368. The molecular formula is C19H23N3O5S. The predicted molar refractivity (Wildman–Crippen MR) is 103 cm³/mol. The summed E-state index contributed by atoms with van der Waals surface area (Å²) in [6, 6.07) is 8.54. The van der Waals surface area contributed by atoms with E-state index in [1.807, 2.05) is 25.1 Å². The monoisotopic (exact) mass is 405 g/mol. The van der Waals surface area contributed by atoms with Gasteiger partial charge in [-0.1, -0.05) is 12.1 Å². The molecule has 1 aromatic heterocycles. The van der Waals surface area contributed by atoms with E-state index in [2.05, 4.69) is 4.98 Å². The SMILES string of the molecule is CCN(Cc1cccc2c1OCCO2)C(=O)CN(C)S(=O)(=O)c1cccnc1. The van der Waals surface area contributed by atoms with E-state index in [-0.39, 0.29) is 17.3 Å². The highest BCUT2D eigenvalue weighted by Gasteiger charge is 2.26. The lowest BCUT2D eigenvalue weighted by atomic mass is 10.1. The van der Waals surface area contributed by atoms with Gasteiger partial charge in [0.1, 0.15) is 18.1 Å². The largest absolute Gasteiger partial charge is 0.486 e. The first kappa shape index (κ1) is 20.1. The van der Waals surface area contributed by atoms with Crippen LogP contribution < -0.4 is 9.47 Å². The van der Waals surface area contributed by atoms with Gasteiger partial charge < -0.3 is 14.4 Å². The number of pyridine rings is 1. The van der Waals surface area contributed by atoms with Crippen molar-refractivity contribution in [2.24, 2.45) is 0 Å². The fourth-order valence-electron chi connectivity index (χ4n) is 2.90. The lowest BCUT2D eigenvalue weighted by molar-refractivity contribution is -0.131. The Morgan fingerprint density at radius 1 is 1.18 bits per heavy atom. The maximum atomic E-state index is 12.8. The first-order chi connectivity index (χ1) is 13.4. The lowest BCUT2D eigenvalue weighted by Crippen LogP contribution is -2.40. The van der Waals surface area contributed by atoms with Crippen molar-refractivity contribution in [3.8, 4) is 11.5 Å². The molecule has 0 saturated heterocycles. The minimum Gasteiger partial charge on any atom is -0.486 e. The maximum Gasteiger partial charge on any atom is 0.244 e. The minimum atomic E-state index is -3.78. The van der Waals surface area contributed by atoms with Gasteiger partial charge >= 0.3 is 0 Å². The first-order valence-electron chi connectivity index (χ1n) is 8.95. The highest BCUT2D eigenvalue weighted by molar-refractivity contribution is 7.89. The van der Waals surface area contributed by atoms with Crippen LogP contribution in [-0.2, 0) is 21.4 Å². The molecule has 9 heteroatoms. The number of para-hydroxylation sites is 1. The van der Waals surface area contributed by atoms with Gasteiger partial charge in [-0.15, -0.1) is 0 Å². The molecule has 2 heterocycles. The van der Waals surface area contributed by atoms with Gasteiger partial charge in [0.15, 0.2) is 11.5 Å². The van der Waals surface area contributed by atoms with E-state index in [0.717, 1.165) is 9.87 Å². The number of benzene rings is 1. The number of likely N-dealkylation sites (N-methyl/N-ethyl adjacent to an activating group) is 2. The molecule has 0 saturated carbocycles. The normalized spacial score (nSPS) is 13.4. The number of sulfonamides is 1. The molecule has 0 bridgehead atoms. The zero-order valence-corrected chi connectivity index (χ0v) is 16.7. The van der Waals surface area contributed by atoms with E-state index >= 15 is 0 Å². The maximum absolute atomic E-state index is 12.8. The number of amides is 1. The summed E-state index contributed by atoms with van der Waals surface area (Å²) in [5.41, 5.74) is 0.824.